The summed E-state index contributed by atoms with van der Waals surface area (Å²) in [6, 6.07) is 0. The molecule has 2 rings (SSSR count). The summed E-state index contributed by atoms with van der Waals surface area (Å²) in [4.78, 5) is 0. The number of aliphatic hydroxyl groups excluding tert-OH is 1. The van der Waals surface area contributed by atoms with Crippen molar-refractivity contribution in [1.82, 2.24) is 10.6 Å². The van der Waals surface area contributed by atoms with Crippen molar-refractivity contribution in [3.63, 3.8) is 0 Å². The molecule has 2 unspecified atom stereocenters. The summed E-state index contributed by atoms with van der Waals surface area (Å²) in [6.07, 6.45) is 7.15. The Morgan fingerprint density at radius 1 is 1.00 bits per heavy atom. The van der Waals surface area contributed by atoms with Gasteiger partial charge in [0.15, 0.2) is 0 Å². The standard InChI is InChI=1S/C13H26N2O/c16-13-3-1-2-12(8-13)10-15-9-11-4-6-14-7-5-11/h11-16H,1-10H2. The molecule has 1 aliphatic carbocycles. The van der Waals surface area contributed by atoms with Gasteiger partial charge in [-0.3, -0.25) is 0 Å². The van der Waals surface area contributed by atoms with Crippen LogP contribution in [0.15, 0.2) is 0 Å². The molecule has 2 aliphatic rings. The molecular weight excluding hydrogens is 200 g/mol. The van der Waals surface area contributed by atoms with Gasteiger partial charge in [-0.15, -0.1) is 0 Å². The average molecular weight is 226 g/mol. The van der Waals surface area contributed by atoms with E-state index in [1.165, 1.54) is 45.3 Å². The van der Waals surface area contributed by atoms with Gasteiger partial charge in [-0.05, 0) is 70.1 Å². The van der Waals surface area contributed by atoms with Crippen LogP contribution in [0.3, 0.4) is 0 Å². The maximum atomic E-state index is 9.59. The number of aliphatic hydroxyl groups is 1. The Bertz CT molecular complexity index is 192. The highest BCUT2D eigenvalue weighted by Crippen LogP contribution is 2.23. The van der Waals surface area contributed by atoms with Crippen LogP contribution in [-0.4, -0.2) is 37.4 Å². The van der Waals surface area contributed by atoms with E-state index in [0.717, 1.165) is 25.3 Å². The summed E-state index contributed by atoms with van der Waals surface area (Å²) >= 11 is 0. The van der Waals surface area contributed by atoms with Crippen molar-refractivity contribution in [3.8, 4) is 0 Å². The highest BCUT2D eigenvalue weighted by Gasteiger charge is 2.20. The molecule has 94 valence electrons. The van der Waals surface area contributed by atoms with Crippen LogP contribution in [0.4, 0.5) is 0 Å². The zero-order chi connectivity index (χ0) is 11.2. The molecule has 0 aromatic heterocycles. The van der Waals surface area contributed by atoms with Crippen LogP contribution >= 0.6 is 0 Å². The Hall–Kier alpha value is -0.120. The zero-order valence-corrected chi connectivity index (χ0v) is 10.3. The fourth-order valence-corrected chi connectivity index (χ4v) is 3.03. The highest BCUT2D eigenvalue weighted by atomic mass is 16.3. The summed E-state index contributed by atoms with van der Waals surface area (Å²) < 4.78 is 0. The molecule has 0 bridgehead atoms. The van der Waals surface area contributed by atoms with E-state index in [1.54, 1.807) is 0 Å². The molecule has 0 spiro atoms. The minimum atomic E-state index is -0.0283. The van der Waals surface area contributed by atoms with Crippen molar-refractivity contribution in [1.29, 1.82) is 0 Å². The van der Waals surface area contributed by atoms with Gasteiger partial charge >= 0.3 is 0 Å². The smallest absolute Gasteiger partial charge is 0.0543 e. The predicted molar refractivity (Wildman–Crippen MR) is 66.4 cm³/mol. The summed E-state index contributed by atoms with van der Waals surface area (Å²) in [7, 11) is 0. The van der Waals surface area contributed by atoms with Crippen LogP contribution in [0.2, 0.25) is 0 Å². The molecule has 1 saturated heterocycles. The van der Waals surface area contributed by atoms with E-state index in [4.69, 9.17) is 0 Å². The largest absolute Gasteiger partial charge is 0.393 e. The van der Waals surface area contributed by atoms with Gasteiger partial charge in [0.1, 0.15) is 0 Å². The second-order valence-electron chi connectivity index (χ2n) is 5.54. The molecule has 0 radical (unpaired) electrons. The number of piperidine rings is 1. The van der Waals surface area contributed by atoms with Crippen LogP contribution in [0.5, 0.6) is 0 Å². The van der Waals surface area contributed by atoms with Gasteiger partial charge in [0.25, 0.3) is 0 Å². The predicted octanol–water partition coefficient (Wildman–Crippen LogP) is 1.13. The molecule has 3 nitrogen and oxygen atoms in total. The first-order chi connectivity index (χ1) is 7.84. The van der Waals surface area contributed by atoms with Gasteiger partial charge < -0.3 is 15.7 Å². The second-order valence-corrected chi connectivity index (χ2v) is 5.54. The van der Waals surface area contributed by atoms with Crippen LogP contribution in [0.25, 0.3) is 0 Å². The van der Waals surface area contributed by atoms with Crippen LogP contribution in [0, 0.1) is 11.8 Å². The van der Waals surface area contributed by atoms with Gasteiger partial charge in [0, 0.05) is 0 Å². The summed E-state index contributed by atoms with van der Waals surface area (Å²) in [5.41, 5.74) is 0. The molecule has 16 heavy (non-hydrogen) atoms. The van der Waals surface area contributed by atoms with Gasteiger partial charge in [-0.25, -0.2) is 0 Å². The third-order valence-electron chi connectivity index (χ3n) is 4.08. The Balaban J connectivity index is 1.56. The van der Waals surface area contributed by atoms with Gasteiger partial charge in [-0.2, -0.15) is 0 Å². The molecule has 3 heteroatoms. The van der Waals surface area contributed by atoms with E-state index in [2.05, 4.69) is 10.6 Å². The summed E-state index contributed by atoms with van der Waals surface area (Å²) in [6.45, 7) is 4.66. The zero-order valence-electron chi connectivity index (χ0n) is 10.3. The molecule has 1 aliphatic heterocycles. The molecule has 0 aromatic carbocycles. The lowest BCUT2D eigenvalue weighted by atomic mass is 9.87. The third-order valence-corrected chi connectivity index (χ3v) is 4.08. The van der Waals surface area contributed by atoms with E-state index >= 15 is 0 Å². The Morgan fingerprint density at radius 3 is 2.50 bits per heavy atom. The Labute approximate surface area is 99.0 Å². The molecule has 0 amide bonds. The minimum Gasteiger partial charge on any atom is -0.393 e. The fraction of sp³-hybridized carbons (Fsp3) is 1.00. The first kappa shape index (κ1) is 12.3. The van der Waals surface area contributed by atoms with Crippen molar-refractivity contribution in [2.75, 3.05) is 26.2 Å². The van der Waals surface area contributed by atoms with Crippen LogP contribution < -0.4 is 10.6 Å². The van der Waals surface area contributed by atoms with E-state index in [9.17, 15) is 5.11 Å². The average Bonchev–Trinajstić information content (AvgIpc) is 2.30. The molecule has 3 N–H and O–H groups in total. The monoisotopic (exact) mass is 226 g/mol. The molecular formula is C13H26N2O. The molecule has 2 atom stereocenters. The van der Waals surface area contributed by atoms with Gasteiger partial charge in [-0.1, -0.05) is 6.42 Å². The van der Waals surface area contributed by atoms with Crippen LogP contribution in [0.1, 0.15) is 38.5 Å². The normalized spacial score (nSPS) is 32.8. The molecule has 2 fully saturated rings. The van der Waals surface area contributed by atoms with Crippen LogP contribution in [-0.2, 0) is 0 Å². The quantitative estimate of drug-likeness (QED) is 0.673. The van der Waals surface area contributed by atoms with E-state index in [1.807, 2.05) is 0 Å². The topological polar surface area (TPSA) is 44.3 Å². The van der Waals surface area contributed by atoms with Crippen molar-refractivity contribution in [2.45, 2.75) is 44.6 Å². The van der Waals surface area contributed by atoms with Crippen molar-refractivity contribution >= 4 is 0 Å². The number of rotatable bonds is 4. The first-order valence-corrected chi connectivity index (χ1v) is 6.94. The Morgan fingerprint density at radius 2 is 1.75 bits per heavy atom. The number of nitrogens with one attached hydrogen (secondary N) is 2. The lowest BCUT2D eigenvalue weighted by molar-refractivity contribution is 0.100. The van der Waals surface area contributed by atoms with E-state index < -0.39 is 0 Å². The van der Waals surface area contributed by atoms with Gasteiger partial charge in [0.05, 0.1) is 6.10 Å². The third kappa shape index (κ3) is 4.04. The number of hydrogen-bond acceptors (Lipinski definition) is 3. The molecule has 1 saturated carbocycles. The summed E-state index contributed by atoms with van der Waals surface area (Å²) in [5, 5.41) is 16.6. The molecule has 0 aromatic rings. The van der Waals surface area contributed by atoms with Crippen molar-refractivity contribution in [3.05, 3.63) is 0 Å². The maximum absolute atomic E-state index is 9.59. The second kappa shape index (κ2) is 6.58. The Kier molecular flexibility index (Phi) is 5.07. The summed E-state index contributed by atoms with van der Waals surface area (Å²) in [5.74, 6) is 1.58. The minimum absolute atomic E-state index is 0.0283. The maximum Gasteiger partial charge on any atom is 0.0543 e. The van der Waals surface area contributed by atoms with E-state index in [-0.39, 0.29) is 6.10 Å². The van der Waals surface area contributed by atoms with Gasteiger partial charge in [0.2, 0.25) is 0 Å². The lowest BCUT2D eigenvalue weighted by Crippen LogP contribution is -2.36. The van der Waals surface area contributed by atoms with E-state index in [0.29, 0.717) is 5.92 Å². The van der Waals surface area contributed by atoms with Crippen molar-refractivity contribution < 1.29 is 5.11 Å². The molecule has 1 heterocycles. The SMILES string of the molecule is OC1CCCC(CNCC2CCNCC2)C1. The fourth-order valence-electron chi connectivity index (χ4n) is 3.03. The lowest BCUT2D eigenvalue weighted by Gasteiger charge is -2.28. The van der Waals surface area contributed by atoms with Crippen molar-refractivity contribution in [2.24, 2.45) is 11.8 Å². The first-order valence-electron chi connectivity index (χ1n) is 6.94. The number of hydrogen-bond donors (Lipinski definition) is 3. The highest BCUT2D eigenvalue weighted by molar-refractivity contribution is 4.75.